The molecule has 0 N–H and O–H groups in total. The van der Waals surface area contributed by atoms with Gasteiger partial charge in [0.05, 0.1) is 37.6 Å². The molecule has 0 aromatic heterocycles. The Bertz CT molecular complexity index is 549. The summed E-state index contributed by atoms with van der Waals surface area (Å²) in [6.45, 7) is 10.5. The van der Waals surface area contributed by atoms with Crippen LogP contribution in [-0.2, 0) is 29.1 Å². The molecule has 1 aromatic rings. The summed E-state index contributed by atoms with van der Waals surface area (Å²) in [4.78, 5) is 0. The fourth-order valence-corrected chi connectivity index (χ4v) is 2.86. The van der Waals surface area contributed by atoms with Gasteiger partial charge in [-0.05, 0) is 38.7 Å². The van der Waals surface area contributed by atoms with E-state index in [0.29, 0.717) is 26.4 Å². The van der Waals surface area contributed by atoms with Gasteiger partial charge >= 0.3 is 7.12 Å². The third kappa shape index (κ3) is 3.14. The molecule has 0 radical (unpaired) electrons. The molecule has 3 rings (SSSR count). The Morgan fingerprint density at radius 3 is 2.00 bits per heavy atom. The lowest BCUT2D eigenvalue weighted by Crippen LogP contribution is -2.49. The van der Waals surface area contributed by atoms with E-state index in [2.05, 4.69) is 52.0 Å². The minimum atomic E-state index is -0.354. The van der Waals surface area contributed by atoms with Crippen LogP contribution in [0.5, 0.6) is 0 Å². The first kappa shape index (κ1) is 17.9. The van der Waals surface area contributed by atoms with Crippen LogP contribution >= 0.6 is 0 Å². The average Bonchev–Trinajstić information content (AvgIpc) is 2.71. The fourth-order valence-electron chi connectivity index (χ4n) is 2.86. The summed E-state index contributed by atoms with van der Waals surface area (Å²) in [7, 11) is 1.33. The lowest BCUT2D eigenvalue weighted by molar-refractivity contribution is -0.220. The van der Waals surface area contributed by atoms with E-state index in [0.717, 1.165) is 11.0 Å². The van der Waals surface area contributed by atoms with Crippen LogP contribution in [-0.4, -0.2) is 51.9 Å². The molecule has 0 spiro atoms. The van der Waals surface area contributed by atoms with Crippen LogP contribution < -0.4 is 5.46 Å². The maximum Gasteiger partial charge on any atom is 0.494 e. The van der Waals surface area contributed by atoms with Crippen molar-refractivity contribution >= 4 is 12.6 Å². The zero-order valence-electron chi connectivity index (χ0n) is 15.3. The molecule has 2 aliphatic heterocycles. The second-order valence-electron chi connectivity index (χ2n) is 7.54. The van der Waals surface area contributed by atoms with E-state index in [-0.39, 0.29) is 23.9 Å². The maximum atomic E-state index is 6.10. The van der Waals surface area contributed by atoms with Gasteiger partial charge in [-0.3, -0.25) is 0 Å². The van der Waals surface area contributed by atoms with Gasteiger partial charge in [0.25, 0.3) is 0 Å². The van der Waals surface area contributed by atoms with E-state index in [1.165, 1.54) is 0 Å². The van der Waals surface area contributed by atoms with E-state index < -0.39 is 0 Å². The van der Waals surface area contributed by atoms with Gasteiger partial charge in [-0.15, -0.1) is 0 Å². The molecule has 2 aliphatic rings. The molecule has 24 heavy (non-hydrogen) atoms. The first-order valence-corrected chi connectivity index (χ1v) is 8.46. The first-order chi connectivity index (χ1) is 11.3. The molecular weight excluding hydrogens is 307 g/mol. The van der Waals surface area contributed by atoms with Gasteiger partial charge in [-0.25, -0.2) is 0 Å². The van der Waals surface area contributed by atoms with Crippen LogP contribution in [0, 0.1) is 0 Å². The Morgan fingerprint density at radius 1 is 0.958 bits per heavy atom. The molecule has 0 amide bonds. The van der Waals surface area contributed by atoms with E-state index in [1.54, 1.807) is 7.11 Å². The van der Waals surface area contributed by atoms with Gasteiger partial charge in [-0.1, -0.05) is 24.3 Å². The number of hydrogen-bond acceptors (Lipinski definition) is 5. The number of hydrogen-bond donors (Lipinski definition) is 0. The Hall–Kier alpha value is -0.915. The Morgan fingerprint density at radius 2 is 1.54 bits per heavy atom. The van der Waals surface area contributed by atoms with Gasteiger partial charge in [0.15, 0.2) is 0 Å². The molecule has 2 heterocycles. The summed E-state index contributed by atoms with van der Waals surface area (Å²) in [5, 5.41) is 0. The quantitative estimate of drug-likeness (QED) is 0.587. The highest BCUT2D eigenvalue weighted by molar-refractivity contribution is 6.62. The third-order valence-electron chi connectivity index (χ3n) is 5.30. The average molecular weight is 334 g/mol. The summed E-state index contributed by atoms with van der Waals surface area (Å²) in [5.74, 6) is 0. The van der Waals surface area contributed by atoms with Crippen molar-refractivity contribution in [2.45, 2.75) is 44.5 Å². The molecule has 0 unspecified atom stereocenters. The second-order valence-corrected chi connectivity index (χ2v) is 7.54. The Labute approximate surface area is 144 Å². The van der Waals surface area contributed by atoms with Gasteiger partial charge in [-0.2, -0.15) is 0 Å². The largest absolute Gasteiger partial charge is 0.494 e. The van der Waals surface area contributed by atoms with Crippen molar-refractivity contribution in [1.82, 2.24) is 0 Å². The summed E-state index contributed by atoms with van der Waals surface area (Å²) < 4.78 is 28.7. The van der Waals surface area contributed by atoms with E-state index in [1.807, 2.05) is 0 Å². The van der Waals surface area contributed by atoms with Crippen LogP contribution in [0.1, 0.15) is 33.3 Å². The van der Waals surface area contributed by atoms with Crippen molar-refractivity contribution in [2.24, 2.45) is 0 Å². The molecular formula is C18H27BO5. The van der Waals surface area contributed by atoms with Crippen LogP contribution in [0.4, 0.5) is 0 Å². The minimum absolute atomic E-state index is 0.331. The lowest BCUT2D eigenvalue weighted by atomic mass is 9.77. The molecule has 1 aromatic carbocycles. The molecule has 6 heteroatoms. The van der Waals surface area contributed by atoms with Gasteiger partial charge in [0.1, 0.15) is 5.60 Å². The van der Waals surface area contributed by atoms with E-state index in [4.69, 9.17) is 23.5 Å². The summed E-state index contributed by atoms with van der Waals surface area (Å²) in [6.07, 6.45) is 0. The molecule has 132 valence electrons. The van der Waals surface area contributed by atoms with Crippen molar-refractivity contribution in [2.75, 3.05) is 33.5 Å². The van der Waals surface area contributed by atoms with Crippen LogP contribution in [0.3, 0.4) is 0 Å². The number of rotatable bonds is 6. The molecule has 0 saturated carbocycles. The highest BCUT2D eigenvalue weighted by atomic mass is 16.7. The predicted molar refractivity (Wildman–Crippen MR) is 92.5 cm³/mol. The SMILES string of the molecule is COCCOC1(c2ccc(B3OC(C)(C)C(C)(C)O3)cc2)COC1. The molecule has 2 fully saturated rings. The number of methoxy groups -OCH3 is 1. The highest BCUT2D eigenvalue weighted by Crippen LogP contribution is 2.37. The molecule has 5 nitrogen and oxygen atoms in total. The molecule has 0 aliphatic carbocycles. The maximum absolute atomic E-state index is 6.10. The topological polar surface area (TPSA) is 46.2 Å². The first-order valence-electron chi connectivity index (χ1n) is 8.46. The molecule has 0 bridgehead atoms. The monoisotopic (exact) mass is 334 g/mol. The smallest absolute Gasteiger partial charge is 0.399 e. The Kier molecular flexibility index (Phi) is 4.79. The van der Waals surface area contributed by atoms with Crippen molar-refractivity contribution < 1.29 is 23.5 Å². The summed E-state index contributed by atoms with van der Waals surface area (Å²) in [5.41, 5.74) is 1.12. The van der Waals surface area contributed by atoms with Gasteiger partial charge < -0.3 is 23.5 Å². The van der Waals surface area contributed by atoms with Crippen molar-refractivity contribution in [3.05, 3.63) is 29.8 Å². The lowest BCUT2D eigenvalue weighted by Gasteiger charge is -2.41. The van der Waals surface area contributed by atoms with Gasteiger partial charge in [0, 0.05) is 7.11 Å². The van der Waals surface area contributed by atoms with E-state index >= 15 is 0 Å². The predicted octanol–water partition coefficient (Wildman–Crippen LogP) is 1.87. The second kappa shape index (κ2) is 6.43. The van der Waals surface area contributed by atoms with Crippen molar-refractivity contribution in [3.63, 3.8) is 0 Å². The van der Waals surface area contributed by atoms with Crippen LogP contribution in [0.2, 0.25) is 0 Å². The zero-order chi connectivity index (χ0) is 17.4. The number of benzene rings is 1. The molecule has 2 saturated heterocycles. The third-order valence-corrected chi connectivity index (χ3v) is 5.30. The fraction of sp³-hybridized carbons (Fsp3) is 0.667. The normalized spacial score (nSPS) is 24.0. The van der Waals surface area contributed by atoms with Crippen molar-refractivity contribution in [3.8, 4) is 0 Å². The van der Waals surface area contributed by atoms with Crippen molar-refractivity contribution in [1.29, 1.82) is 0 Å². The Balaban J connectivity index is 1.72. The zero-order valence-corrected chi connectivity index (χ0v) is 15.3. The molecule has 0 atom stereocenters. The van der Waals surface area contributed by atoms with E-state index in [9.17, 15) is 0 Å². The minimum Gasteiger partial charge on any atom is -0.399 e. The van der Waals surface area contributed by atoms with Crippen LogP contribution in [0.25, 0.3) is 0 Å². The van der Waals surface area contributed by atoms with Gasteiger partial charge in [0.2, 0.25) is 0 Å². The van der Waals surface area contributed by atoms with Crippen LogP contribution in [0.15, 0.2) is 24.3 Å². The number of ether oxygens (including phenoxy) is 3. The summed E-state index contributed by atoms with van der Waals surface area (Å²) >= 11 is 0. The summed E-state index contributed by atoms with van der Waals surface area (Å²) in [6, 6.07) is 8.26. The standard InChI is InChI=1S/C18H27BO5/c1-16(2)17(3,4)24-19(23-16)15-8-6-14(7-9-15)18(12-21-13-18)22-11-10-20-5/h6-9H,10-13H2,1-5H3. The highest BCUT2D eigenvalue weighted by Gasteiger charge is 2.51.